The van der Waals surface area contributed by atoms with Crippen molar-refractivity contribution in [3.63, 3.8) is 0 Å². The zero-order chi connectivity index (χ0) is 24.8. The van der Waals surface area contributed by atoms with E-state index in [0.29, 0.717) is 12.1 Å². The minimum absolute atomic E-state index is 0.0314. The Bertz CT molecular complexity index is 1060. The van der Waals surface area contributed by atoms with Crippen LogP contribution < -0.4 is 9.62 Å². The number of sulfonamides is 1. The van der Waals surface area contributed by atoms with E-state index >= 15 is 0 Å². The van der Waals surface area contributed by atoms with Crippen LogP contribution in [0.25, 0.3) is 0 Å². The number of amides is 2. The van der Waals surface area contributed by atoms with Crippen LogP contribution in [-0.2, 0) is 26.2 Å². The van der Waals surface area contributed by atoms with E-state index < -0.39 is 46.1 Å². The molecule has 0 bridgehead atoms. The molecule has 0 fully saturated rings. The molecular weight excluding hydrogens is 452 g/mol. The lowest BCUT2D eigenvalue weighted by Gasteiger charge is -2.31. The van der Waals surface area contributed by atoms with Gasteiger partial charge in [0.1, 0.15) is 24.2 Å². The second-order valence-electron chi connectivity index (χ2n) is 8.21. The van der Waals surface area contributed by atoms with E-state index in [1.807, 2.05) is 13.8 Å². The molecule has 7 nitrogen and oxygen atoms in total. The highest BCUT2D eigenvalue weighted by Crippen LogP contribution is 2.19. The molecule has 0 radical (unpaired) electrons. The van der Waals surface area contributed by atoms with Gasteiger partial charge in [0.2, 0.25) is 21.8 Å². The molecule has 0 spiro atoms. The molecule has 0 saturated carbocycles. The lowest BCUT2D eigenvalue weighted by Crippen LogP contribution is -2.51. The summed E-state index contributed by atoms with van der Waals surface area (Å²) in [6.07, 6.45) is 0.937. The van der Waals surface area contributed by atoms with Crippen molar-refractivity contribution in [1.29, 1.82) is 0 Å². The molecule has 0 aromatic heterocycles. The first kappa shape index (κ1) is 26.2. The van der Waals surface area contributed by atoms with E-state index in [4.69, 9.17) is 0 Å². The van der Waals surface area contributed by atoms with Gasteiger partial charge in [-0.2, -0.15) is 0 Å². The van der Waals surface area contributed by atoms with E-state index in [2.05, 4.69) is 5.32 Å². The summed E-state index contributed by atoms with van der Waals surface area (Å²) in [7, 11) is -3.89. The fourth-order valence-corrected chi connectivity index (χ4v) is 3.89. The fourth-order valence-electron chi connectivity index (χ4n) is 3.04. The number of nitrogens with zero attached hydrogens (tertiary/aromatic N) is 2. The van der Waals surface area contributed by atoms with Crippen molar-refractivity contribution in [2.45, 2.75) is 33.4 Å². The van der Waals surface area contributed by atoms with Crippen LogP contribution in [0.3, 0.4) is 0 Å². The van der Waals surface area contributed by atoms with Gasteiger partial charge in [-0.05, 0) is 54.8 Å². The van der Waals surface area contributed by atoms with Gasteiger partial charge in [0.15, 0.2) is 0 Å². The largest absolute Gasteiger partial charge is 0.354 e. The SMILES string of the molecule is CC(C)CNC(=O)C(C)N(Cc1ccc(F)cc1)C(=O)CN(c1ccc(F)cc1)S(C)(=O)=O. The smallest absolute Gasteiger partial charge is 0.244 e. The molecule has 2 rings (SSSR count). The van der Waals surface area contributed by atoms with Crippen LogP contribution in [0.5, 0.6) is 0 Å². The van der Waals surface area contributed by atoms with E-state index in [0.717, 1.165) is 22.7 Å². The van der Waals surface area contributed by atoms with E-state index in [9.17, 15) is 26.8 Å². The van der Waals surface area contributed by atoms with Crippen molar-refractivity contribution < 1.29 is 26.8 Å². The number of rotatable bonds is 10. The maximum absolute atomic E-state index is 13.3. The molecule has 1 unspecified atom stereocenters. The molecule has 0 heterocycles. The van der Waals surface area contributed by atoms with Crippen molar-refractivity contribution in [3.05, 3.63) is 65.7 Å². The zero-order valence-electron chi connectivity index (χ0n) is 19.1. The van der Waals surface area contributed by atoms with Crippen LogP contribution in [0.15, 0.2) is 48.5 Å². The van der Waals surface area contributed by atoms with Crippen molar-refractivity contribution in [2.75, 3.05) is 23.7 Å². The Labute approximate surface area is 193 Å². The standard InChI is InChI=1S/C23H29F2N3O4S/c1-16(2)13-26-23(30)17(3)27(14-18-5-7-19(24)8-6-18)22(29)15-28(33(4,31)32)21-11-9-20(25)10-12-21/h5-12,16-17H,13-15H2,1-4H3,(H,26,30). The molecule has 10 heteroatoms. The van der Waals surface area contributed by atoms with Gasteiger partial charge in [-0.3, -0.25) is 13.9 Å². The highest BCUT2D eigenvalue weighted by Gasteiger charge is 2.30. The van der Waals surface area contributed by atoms with Crippen molar-refractivity contribution in [3.8, 4) is 0 Å². The first-order chi connectivity index (χ1) is 15.4. The molecular formula is C23H29F2N3O4S. The van der Waals surface area contributed by atoms with Crippen molar-refractivity contribution >= 4 is 27.5 Å². The fraction of sp³-hybridized carbons (Fsp3) is 0.391. The molecule has 0 aliphatic rings. The quantitative estimate of drug-likeness (QED) is 0.565. The van der Waals surface area contributed by atoms with Gasteiger partial charge in [-0.15, -0.1) is 0 Å². The van der Waals surface area contributed by atoms with Gasteiger partial charge in [0.25, 0.3) is 0 Å². The highest BCUT2D eigenvalue weighted by molar-refractivity contribution is 7.92. The summed E-state index contributed by atoms with van der Waals surface area (Å²) in [5.41, 5.74) is 0.687. The zero-order valence-corrected chi connectivity index (χ0v) is 19.9. The van der Waals surface area contributed by atoms with Gasteiger partial charge in [-0.25, -0.2) is 17.2 Å². The third-order valence-corrected chi connectivity index (χ3v) is 6.05. The third kappa shape index (κ3) is 7.81. The molecule has 2 amide bonds. The number of hydrogen-bond donors (Lipinski definition) is 1. The summed E-state index contributed by atoms with van der Waals surface area (Å²) in [5.74, 6) is -1.83. The number of anilines is 1. The number of nitrogens with one attached hydrogen (secondary N) is 1. The lowest BCUT2D eigenvalue weighted by atomic mass is 10.1. The number of carbonyl (C=O) groups is 2. The van der Waals surface area contributed by atoms with Gasteiger partial charge in [0.05, 0.1) is 11.9 Å². The summed E-state index contributed by atoms with van der Waals surface area (Å²) in [5, 5.41) is 2.77. The predicted molar refractivity (Wildman–Crippen MR) is 123 cm³/mol. The van der Waals surface area contributed by atoms with Crippen LogP contribution in [0.4, 0.5) is 14.5 Å². The Morgan fingerprint density at radius 2 is 1.45 bits per heavy atom. The Morgan fingerprint density at radius 3 is 1.94 bits per heavy atom. The summed E-state index contributed by atoms with van der Waals surface area (Å²) in [6.45, 7) is 5.19. The molecule has 0 aliphatic heterocycles. The van der Waals surface area contributed by atoms with Crippen LogP contribution in [0.2, 0.25) is 0 Å². The molecule has 1 atom stereocenters. The van der Waals surface area contributed by atoms with E-state index in [-0.39, 0.29) is 18.2 Å². The van der Waals surface area contributed by atoms with Crippen LogP contribution in [0, 0.1) is 17.6 Å². The summed E-state index contributed by atoms with van der Waals surface area (Å²) < 4.78 is 52.3. The predicted octanol–water partition coefficient (Wildman–Crippen LogP) is 2.92. The van der Waals surface area contributed by atoms with Crippen LogP contribution in [0.1, 0.15) is 26.3 Å². The van der Waals surface area contributed by atoms with Gasteiger partial charge in [-0.1, -0.05) is 26.0 Å². The molecule has 0 saturated heterocycles. The maximum atomic E-state index is 13.3. The Kier molecular flexibility index (Phi) is 8.92. The average Bonchev–Trinajstić information content (AvgIpc) is 2.74. The molecule has 33 heavy (non-hydrogen) atoms. The lowest BCUT2D eigenvalue weighted by molar-refractivity contribution is -0.139. The summed E-state index contributed by atoms with van der Waals surface area (Å²) >= 11 is 0. The first-order valence-corrected chi connectivity index (χ1v) is 12.3. The Morgan fingerprint density at radius 1 is 0.939 bits per heavy atom. The molecule has 0 aliphatic carbocycles. The highest BCUT2D eigenvalue weighted by atomic mass is 32.2. The molecule has 1 N–H and O–H groups in total. The Balaban J connectivity index is 2.34. The minimum Gasteiger partial charge on any atom is -0.354 e. The van der Waals surface area contributed by atoms with Crippen molar-refractivity contribution in [1.82, 2.24) is 10.2 Å². The van der Waals surface area contributed by atoms with Crippen molar-refractivity contribution in [2.24, 2.45) is 5.92 Å². The average molecular weight is 482 g/mol. The van der Waals surface area contributed by atoms with Gasteiger partial charge < -0.3 is 10.2 Å². The summed E-state index contributed by atoms with van der Waals surface area (Å²) in [6, 6.07) is 9.24. The van der Waals surface area contributed by atoms with Gasteiger partial charge in [0, 0.05) is 13.1 Å². The van der Waals surface area contributed by atoms with Gasteiger partial charge >= 0.3 is 0 Å². The number of benzene rings is 2. The monoisotopic (exact) mass is 481 g/mol. The second-order valence-corrected chi connectivity index (χ2v) is 10.1. The Hall–Kier alpha value is -3.01. The van der Waals surface area contributed by atoms with E-state index in [1.54, 1.807) is 6.92 Å². The third-order valence-electron chi connectivity index (χ3n) is 4.91. The molecule has 180 valence electrons. The topological polar surface area (TPSA) is 86.8 Å². The van der Waals surface area contributed by atoms with Crippen LogP contribution >= 0.6 is 0 Å². The number of carbonyl (C=O) groups excluding carboxylic acids is 2. The van der Waals surface area contributed by atoms with E-state index in [1.165, 1.54) is 41.3 Å². The molecule has 2 aromatic carbocycles. The maximum Gasteiger partial charge on any atom is 0.244 e. The summed E-state index contributed by atoms with van der Waals surface area (Å²) in [4.78, 5) is 27.2. The number of hydrogen-bond acceptors (Lipinski definition) is 4. The second kappa shape index (κ2) is 11.2. The number of halogens is 2. The first-order valence-electron chi connectivity index (χ1n) is 10.4. The normalized spacial score (nSPS) is 12.3. The van der Waals surface area contributed by atoms with Crippen LogP contribution in [-0.4, -0.2) is 50.5 Å². The molecule has 2 aromatic rings. The minimum atomic E-state index is -3.89.